The van der Waals surface area contributed by atoms with Gasteiger partial charge in [-0.15, -0.1) is 0 Å². The Bertz CT molecular complexity index is 1120. The van der Waals surface area contributed by atoms with E-state index in [0.717, 1.165) is 36.8 Å². The van der Waals surface area contributed by atoms with Crippen LogP contribution in [-0.4, -0.2) is 52.7 Å². The summed E-state index contributed by atoms with van der Waals surface area (Å²) in [5, 5.41) is 10.4. The van der Waals surface area contributed by atoms with Crippen LogP contribution in [0.2, 0.25) is 0 Å². The third-order valence-electron chi connectivity index (χ3n) is 6.44. The van der Waals surface area contributed by atoms with Crippen LogP contribution in [-0.2, 0) is 4.79 Å². The second-order valence-electron chi connectivity index (χ2n) is 8.91. The van der Waals surface area contributed by atoms with Gasteiger partial charge in [-0.25, -0.2) is 5.43 Å². The van der Waals surface area contributed by atoms with Gasteiger partial charge in [0.2, 0.25) is 5.91 Å². The van der Waals surface area contributed by atoms with Gasteiger partial charge in [0.15, 0.2) is 5.17 Å². The predicted octanol–water partition coefficient (Wildman–Crippen LogP) is 3.85. The number of nitrogens with zero attached hydrogens (tertiary/aromatic N) is 3. The standard InChI is InChI=1S/C26H32N6O3S/c1-3-4-14-35-20-10-8-18(9-11-20)22-16-23-25-28-29-26(31(25)12-13-32(23)30-22)36-17-24(33)27-19-6-5-7-21(15-19)34-2/h5-13,15,22-23,25,28,30H,3-4,14,16-17H2,1-2H3,(H,27,33). The maximum Gasteiger partial charge on any atom is 0.234 e. The first-order valence-corrected chi connectivity index (χ1v) is 13.3. The minimum Gasteiger partial charge on any atom is -0.497 e. The van der Waals surface area contributed by atoms with Crippen molar-refractivity contribution in [3.8, 4) is 11.5 Å². The molecule has 3 heterocycles. The average molecular weight is 509 g/mol. The molecule has 36 heavy (non-hydrogen) atoms. The van der Waals surface area contributed by atoms with Crippen LogP contribution in [0.25, 0.3) is 0 Å². The van der Waals surface area contributed by atoms with Crippen molar-refractivity contribution in [2.45, 2.75) is 44.4 Å². The van der Waals surface area contributed by atoms with Gasteiger partial charge >= 0.3 is 0 Å². The number of hydrogen-bond acceptors (Lipinski definition) is 9. The number of amides is 1. The third kappa shape index (κ3) is 5.39. The Labute approximate surface area is 215 Å². The molecule has 0 bridgehead atoms. The van der Waals surface area contributed by atoms with Crippen LogP contribution >= 0.6 is 11.8 Å². The number of hydrogen-bond donors (Lipinski definition) is 3. The van der Waals surface area contributed by atoms with Crippen LogP contribution in [0.1, 0.15) is 37.8 Å². The quantitative estimate of drug-likeness (QED) is 0.440. The first-order chi connectivity index (χ1) is 17.6. The lowest BCUT2D eigenvalue weighted by Gasteiger charge is -2.36. The van der Waals surface area contributed by atoms with Crippen molar-refractivity contribution in [3.05, 3.63) is 66.5 Å². The van der Waals surface area contributed by atoms with Crippen LogP contribution in [0.4, 0.5) is 5.69 Å². The molecule has 0 radical (unpaired) electrons. The van der Waals surface area contributed by atoms with Crippen molar-refractivity contribution in [3.63, 3.8) is 0 Å². The van der Waals surface area contributed by atoms with Crippen LogP contribution in [0.15, 0.2) is 66.0 Å². The Morgan fingerprint density at radius 1 is 1.19 bits per heavy atom. The second kappa shape index (κ2) is 11.1. The van der Waals surface area contributed by atoms with E-state index in [1.54, 1.807) is 13.2 Å². The molecule has 0 spiro atoms. The molecule has 0 aromatic heterocycles. The van der Waals surface area contributed by atoms with Crippen molar-refractivity contribution in [1.29, 1.82) is 0 Å². The highest BCUT2D eigenvalue weighted by atomic mass is 32.2. The van der Waals surface area contributed by atoms with Crippen LogP contribution in [0.5, 0.6) is 11.5 Å². The minimum atomic E-state index is -0.0910. The summed E-state index contributed by atoms with van der Waals surface area (Å²) >= 11 is 1.41. The van der Waals surface area contributed by atoms with Crippen LogP contribution in [0, 0.1) is 0 Å². The summed E-state index contributed by atoms with van der Waals surface area (Å²) in [5.74, 6) is 1.79. The van der Waals surface area contributed by atoms with E-state index in [-0.39, 0.29) is 29.9 Å². The fourth-order valence-electron chi connectivity index (χ4n) is 4.53. The minimum absolute atomic E-state index is 0.00750. The molecule has 0 aliphatic carbocycles. The average Bonchev–Trinajstić information content (AvgIpc) is 3.52. The summed E-state index contributed by atoms with van der Waals surface area (Å²) in [6.45, 7) is 2.92. The zero-order chi connectivity index (χ0) is 24.9. The highest BCUT2D eigenvalue weighted by Crippen LogP contribution is 2.35. The lowest BCUT2D eigenvalue weighted by Crippen LogP contribution is -2.54. The fraction of sp³-hybridized carbons (Fsp3) is 0.385. The molecule has 3 atom stereocenters. The Kier molecular flexibility index (Phi) is 7.52. The highest BCUT2D eigenvalue weighted by Gasteiger charge is 2.44. The number of fused-ring (bicyclic) bond motifs is 3. The molecular formula is C26H32N6O3S. The number of thioether (sulfide) groups is 1. The molecule has 3 aliphatic rings. The number of ether oxygens (including phenoxy) is 2. The number of hydrazone groups is 1. The van der Waals surface area contributed by atoms with Gasteiger partial charge in [-0.2, -0.15) is 5.10 Å². The second-order valence-corrected chi connectivity index (χ2v) is 9.85. The molecule has 2 aromatic rings. The highest BCUT2D eigenvalue weighted by molar-refractivity contribution is 8.14. The summed E-state index contributed by atoms with van der Waals surface area (Å²) in [6.07, 6.45) is 7.18. The molecule has 1 saturated heterocycles. The Morgan fingerprint density at radius 3 is 2.86 bits per heavy atom. The summed E-state index contributed by atoms with van der Waals surface area (Å²) in [6, 6.07) is 16.1. The zero-order valence-corrected chi connectivity index (χ0v) is 21.3. The van der Waals surface area contributed by atoms with Crippen molar-refractivity contribution in [1.82, 2.24) is 20.8 Å². The van der Waals surface area contributed by atoms with Crippen molar-refractivity contribution >= 4 is 28.5 Å². The Hall–Kier alpha value is -3.37. The van der Waals surface area contributed by atoms with Gasteiger partial charge in [-0.3, -0.25) is 10.2 Å². The lowest BCUT2D eigenvalue weighted by atomic mass is 10.00. The molecule has 1 fully saturated rings. The van der Waals surface area contributed by atoms with Crippen molar-refractivity contribution in [2.24, 2.45) is 5.10 Å². The lowest BCUT2D eigenvalue weighted by molar-refractivity contribution is -0.113. The molecule has 1 amide bonds. The monoisotopic (exact) mass is 508 g/mol. The molecule has 190 valence electrons. The molecule has 10 heteroatoms. The fourth-order valence-corrected chi connectivity index (χ4v) is 5.30. The summed E-state index contributed by atoms with van der Waals surface area (Å²) in [7, 11) is 1.61. The number of methoxy groups -OCH3 is 1. The third-order valence-corrected chi connectivity index (χ3v) is 7.41. The van der Waals surface area contributed by atoms with Gasteiger partial charge in [0.05, 0.1) is 31.6 Å². The molecule has 3 unspecified atom stereocenters. The number of benzene rings is 2. The Morgan fingerprint density at radius 2 is 2.06 bits per heavy atom. The number of unbranched alkanes of at least 4 members (excludes halogenated alkanes) is 1. The van der Waals surface area contributed by atoms with E-state index in [1.165, 1.54) is 17.3 Å². The maximum atomic E-state index is 12.5. The molecule has 5 rings (SSSR count). The SMILES string of the molecule is CCCCOc1ccc(C2CC3C4NN=C(SCC(=O)Nc5cccc(OC)c5)N4C=CN3N2)cc1. The van der Waals surface area contributed by atoms with Crippen LogP contribution < -0.4 is 25.6 Å². The van der Waals surface area contributed by atoms with E-state index < -0.39 is 0 Å². The molecule has 0 saturated carbocycles. The summed E-state index contributed by atoms with van der Waals surface area (Å²) in [4.78, 5) is 14.6. The van der Waals surface area contributed by atoms with Gasteiger partial charge in [-0.1, -0.05) is 43.3 Å². The van der Waals surface area contributed by atoms with E-state index in [4.69, 9.17) is 9.47 Å². The van der Waals surface area contributed by atoms with E-state index in [0.29, 0.717) is 11.4 Å². The molecule has 3 aliphatic heterocycles. The van der Waals surface area contributed by atoms with Gasteiger partial charge in [0.25, 0.3) is 0 Å². The van der Waals surface area contributed by atoms with Gasteiger partial charge in [-0.05, 0) is 42.7 Å². The predicted molar refractivity (Wildman–Crippen MR) is 142 cm³/mol. The van der Waals surface area contributed by atoms with E-state index >= 15 is 0 Å². The van der Waals surface area contributed by atoms with Gasteiger partial charge in [0.1, 0.15) is 17.7 Å². The van der Waals surface area contributed by atoms with Crippen LogP contribution in [0.3, 0.4) is 0 Å². The molecule has 3 N–H and O–H groups in total. The maximum absolute atomic E-state index is 12.5. The number of amidine groups is 1. The number of rotatable bonds is 9. The van der Waals surface area contributed by atoms with Crippen molar-refractivity contribution < 1.29 is 14.3 Å². The molecule has 2 aromatic carbocycles. The van der Waals surface area contributed by atoms with E-state index in [1.807, 2.05) is 42.7 Å². The van der Waals surface area contributed by atoms with E-state index in [9.17, 15) is 4.79 Å². The number of carbonyl (C=O) groups excluding carboxylic acids is 1. The van der Waals surface area contributed by atoms with Gasteiger partial charge < -0.3 is 24.7 Å². The Balaban J connectivity index is 1.13. The van der Waals surface area contributed by atoms with Gasteiger partial charge in [0, 0.05) is 24.2 Å². The first-order valence-electron chi connectivity index (χ1n) is 12.3. The number of carbonyl (C=O) groups is 1. The summed E-state index contributed by atoms with van der Waals surface area (Å²) in [5.41, 5.74) is 8.81. The number of hydrazine groups is 1. The first kappa shape index (κ1) is 24.3. The molecule has 9 nitrogen and oxygen atoms in total. The topological polar surface area (TPSA) is 90.5 Å². The number of anilines is 1. The number of nitrogens with one attached hydrogen (secondary N) is 3. The summed E-state index contributed by atoms with van der Waals surface area (Å²) < 4.78 is 11.0. The normalized spacial score (nSPS) is 21.9. The van der Waals surface area contributed by atoms with E-state index in [2.05, 4.69) is 50.2 Å². The smallest absolute Gasteiger partial charge is 0.234 e. The molecular weight excluding hydrogens is 476 g/mol. The zero-order valence-electron chi connectivity index (χ0n) is 20.5. The largest absolute Gasteiger partial charge is 0.497 e. The van der Waals surface area contributed by atoms with Crippen molar-refractivity contribution in [2.75, 3.05) is 24.8 Å².